The fourth-order valence-electron chi connectivity index (χ4n) is 4.03. The molecule has 1 aromatic carbocycles. The zero-order valence-electron chi connectivity index (χ0n) is 19.3. The summed E-state index contributed by atoms with van der Waals surface area (Å²) < 4.78 is 29.8. The number of benzene rings is 1. The fourth-order valence-corrected chi connectivity index (χ4v) is 4.03. The summed E-state index contributed by atoms with van der Waals surface area (Å²) in [7, 11) is 3.53. The molecule has 0 spiro atoms. The summed E-state index contributed by atoms with van der Waals surface area (Å²) in [6.45, 7) is 3.94. The number of fused-ring (bicyclic) bond motifs is 1. The van der Waals surface area contributed by atoms with Crippen LogP contribution in [0.2, 0.25) is 0 Å². The first-order chi connectivity index (χ1) is 15.7. The van der Waals surface area contributed by atoms with Gasteiger partial charge in [-0.15, -0.1) is 0 Å². The smallest absolute Gasteiger partial charge is 0.255 e. The first kappa shape index (κ1) is 24.6. The lowest BCUT2D eigenvalue weighted by Gasteiger charge is -2.31. The average molecular weight is 461 g/mol. The van der Waals surface area contributed by atoms with E-state index in [1.807, 2.05) is 7.05 Å². The monoisotopic (exact) mass is 460 g/mol. The summed E-state index contributed by atoms with van der Waals surface area (Å²) in [5, 5.41) is 0. The van der Waals surface area contributed by atoms with Crippen LogP contribution in [0.15, 0.2) is 35.3 Å². The third-order valence-electron chi connectivity index (χ3n) is 5.89. The first-order valence-corrected chi connectivity index (χ1v) is 11.1. The molecule has 0 fully saturated rings. The predicted molar refractivity (Wildman–Crippen MR) is 122 cm³/mol. The minimum atomic E-state index is -1.04. The molecule has 1 aliphatic rings. The van der Waals surface area contributed by atoms with Gasteiger partial charge in [-0.3, -0.25) is 14.4 Å². The molecule has 0 saturated heterocycles. The van der Waals surface area contributed by atoms with Crippen molar-refractivity contribution < 1.29 is 18.4 Å². The lowest BCUT2D eigenvalue weighted by Crippen LogP contribution is -2.38. The van der Waals surface area contributed by atoms with E-state index < -0.39 is 11.6 Å². The van der Waals surface area contributed by atoms with Crippen molar-refractivity contribution in [2.24, 2.45) is 7.05 Å². The van der Waals surface area contributed by atoms with Gasteiger partial charge in [-0.2, -0.15) is 0 Å². The maximum atomic E-state index is 14.3. The Morgan fingerprint density at radius 3 is 2.30 bits per heavy atom. The number of anilines is 1. The second-order valence-corrected chi connectivity index (χ2v) is 8.40. The van der Waals surface area contributed by atoms with Gasteiger partial charge in [0.05, 0.1) is 11.3 Å². The van der Waals surface area contributed by atoms with Crippen LogP contribution in [-0.4, -0.2) is 59.4 Å². The molecular formula is C24H30F2N4O3. The lowest BCUT2D eigenvalue weighted by atomic mass is 10.1. The van der Waals surface area contributed by atoms with Gasteiger partial charge in [-0.25, -0.2) is 8.78 Å². The first-order valence-electron chi connectivity index (χ1n) is 11.1. The Morgan fingerprint density at radius 1 is 0.970 bits per heavy atom. The number of amides is 2. The molecule has 178 valence electrons. The van der Waals surface area contributed by atoms with E-state index >= 15 is 0 Å². The largest absolute Gasteiger partial charge is 0.334 e. The molecule has 1 aliphatic heterocycles. The number of nitrogens with zero attached hydrogens (tertiary/aromatic N) is 4. The number of carbonyl (C=O) groups excluding carboxylic acids is 2. The Hall–Kier alpha value is -3.07. The van der Waals surface area contributed by atoms with Crippen molar-refractivity contribution in [2.75, 3.05) is 38.1 Å². The van der Waals surface area contributed by atoms with Gasteiger partial charge in [-0.05, 0) is 50.7 Å². The Kier molecular flexibility index (Phi) is 7.97. The normalized spacial score (nSPS) is 16.0. The molecule has 0 saturated carbocycles. The minimum absolute atomic E-state index is 0.00537. The number of aryl methyl sites for hydroxylation is 1. The van der Waals surface area contributed by atoms with Gasteiger partial charge in [0.15, 0.2) is 11.6 Å². The van der Waals surface area contributed by atoms with Crippen LogP contribution in [0.5, 0.6) is 0 Å². The average Bonchev–Trinajstić information content (AvgIpc) is 2.78. The number of hydrogen-bond acceptors (Lipinski definition) is 4. The van der Waals surface area contributed by atoms with Crippen molar-refractivity contribution in [3.63, 3.8) is 0 Å². The number of hydrogen-bond donors (Lipinski definition) is 0. The molecular weight excluding hydrogens is 430 g/mol. The SMILES string of the molecule is CCC(=O)N1CCCN(C)CCCN(C(=O)c2ccc(=O)n(C)c2)Cc2cc(F)c(F)cc21. The zero-order chi connectivity index (χ0) is 24.1. The van der Waals surface area contributed by atoms with Crippen molar-refractivity contribution in [3.8, 4) is 0 Å². The third-order valence-corrected chi connectivity index (χ3v) is 5.89. The number of aromatic nitrogens is 1. The molecule has 7 nitrogen and oxygen atoms in total. The predicted octanol–water partition coefficient (Wildman–Crippen LogP) is 2.77. The molecule has 0 atom stereocenters. The zero-order valence-corrected chi connectivity index (χ0v) is 19.3. The van der Waals surface area contributed by atoms with Crippen LogP contribution >= 0.6 is 0 Å². The van der Waals surface area contributed by atoms with Gasteiger partial charge in [0.25, 0.3) is 5.91 Å². The standard InChI is InChI=1S/C24H30F2N4O3/c1-4-22(31)30-12-6-10-27(2)9-5-11-29(16-18-13-19(25)20(26)14-21(18)30)24(33)17-7-8-23(32)28(3)15-17/h7-8,13-15H,4-6,9-12,16H2,1-3H3. The topological polar surface area (TPSA) is 65.9 Å². The molecule has 0 aliphatic carbocycles. The Balaban J connectivity index is 2.06. The quantitative estimate of drug-likeness (QED) is 0.692. The highest BCUT2D eigenvalue weighted by Gasteiger charge is 2.24. The van der Waals surface area contributed by atoms with Crippen molar-refractivity contribution in [1.29, 1.82) is 0 Å². The number of carbonyl (C=O) groups is 2. The Morgan fingerprint density at radius 2 is 1.64 bits per heavy atom. The second-order valence-electron chi connectivity index (χ2n) is 8.40. The summed E-state index contributed by atoms with van der Waals surface area (Å²) in [6.07, 6.45) is 3.05. The summed E-state index contributed by atoms with van der Waals surface area (Å²) in [4.78, 5) is 43.0. The molecule has 1 aromatic heterocycles. The van der Waals surface area contributed by atoms with Gasteiger partial charge in [0.2, 0.25) is 11.5 Å². The fraction of sp³-hybridized carbons (Fsp3) is 0.458. The lowest BCUT2D eigenvalue weighted by molar-refractivity contribution is -0.118. The molecule has 0 unspecified atom stereocenters. The van der Waals surface area contributed by atoms with Crippen LogP contribution in [0.4, 0.5) is 14.5 Å². The summed E-state index contributed by atoms with van der Waals surface area (Å²) in [6, 6.07) is 4.90. The van der Waals surface area contributed by atoms with Crippen LogP contribution in [0.25, 0.3) is 0 Å². The van der Waals surface area contributed by atoms with Gasteiger partial charge in [0, 0.05) is 51.4 Å². The highest BCUT2D eigenvalue weighted by molar-refractivity contribution is 5.95. The van der Waals surface area contributed by atoms with Gasteiger partial charge in [-0.1, -0.05) is 6.92 Å². The molecule has 0 bridgehead atoms. The van der Waals surface area contributed by atoms with Crippen LogP contribution in [-0.2, 0) is 18.4 Å². The molecule has 2 heterocycles. The number of rotatable bonds is 2. The molecule has 9 heteroatoms. The highest BCUT2D eigenvalue weighted by Crippen LogP contribution is 2.27. The van der Waals surface area contributed by atoms with E-state index in [4.69, 9.17) is 0 Å². The van der Waals surface area contributed by atoms with Crippen LogP contribution < -0.4 is 10.5 Å². The van der Waals surface area contributed by atoms with E-state index in [0.29, 0.717) is 37.1 Å². The number of halogens is 2. The van der Waals surface area contributed by atoms with Crippen molar-refractivity contribution in [3.05, 3.63) is 63.6 Å². The maximum Gasteiger partial charge on any atom is 0.255 e. The molecule has 0 N–H and O–H groups in total. The number of pyridine rings is 1. The van der Waals surface area contributed by atoms with Crippen LogP contribution in [0.3, 0.4) is 0 Å². The maximum absolute atomic E-state index is 14.3. The van der Waals surface area contributed by atoms with E-state index in [1.54, 1.807) is 18.9 Å². The van der Waals surface area contributed by atoms with Crippen molar-refractivity contribution in [1.82, 2.24) is 14.4 Å². The molecule has 2 aromatic rings. The summed E-state index contributed by atoms with van der Waals surface area (Å²) in [5.74, 6) is -2.59. The van der Waals surface area contributed by atoms with E-state index in [9.17, 15) is 23.2 Å². The van der Waals surface area contributed by atoms with Gasteiger partial charge >= 0.3 is 0 Å². The van der Waals surface area contributed by atoms with Gasteiger partial charge in [0.1, 0.15) is 0 Å². The second kappa shape index (κ2) is 10.7. The van der Waals surface area contributed by atoms with E-state index in [1.165, 1.54) is 27.8 Å². The minimum Gasteiger partial charge on any atom is -0.334 e. The third kappa shape index (κ3) is 5.84. The van der Waals surface area contributed by atoms with Gasteiger partial charge < -0.3 is 19.3 Å². The Labute approximate surface area is 192 Å². The van der Waals surface area contributed by atoms with E-state index in [0.717, 1.165) is 25.2 Å². The molecule has 2 amide bonds. The highest BCUT2D eigenvalue weighted by atomic mass is 19.2. The van der Waals surface area contributed by atoms with E-state index in [-0.39, 0.29) is 36.0 Å². The molecule has 33 heavy (non-hydrogen) atoms. The van der Waals surface area contributed by atoms with Crippen molar-refractivity contribution in [2.45, 2.75) is 32.7 Å². The van der Waals surface area contributed by atoms with Crippen molar-refractivity contribution >= 4 is 17.5 Å². The van der Waals surface area contributed by atoms with Crippen LogP contribution in [0, 0.1) is 11.6 Å². The Bertz CT molecular complexity index is 1090. The summed E-state index contributed by atoms with van der Waals surface area (Å²) in [5.41, 5.74) is 0.728. The summed E-state index contributed by atoms with van der Waals surface area (Å²) >= 11 is 0. The molecule has 0 radical (unpaired) electrons. The van der Waals surface area contributed by atoms with E-state index in [2.05, 4.69) is 4.90 Å². The van der Waals surface area contributed by atoms with Crippen LogP contribution in [0.1, 0.15) is 42.1 Å². The molecule has 3 rings (SSSR count).